The minimum atomic E-state index is -3.93. The van der Waals surface area contributed by atoms with Gasteiger partial charge in [-0.15, -0.1) is 11.3 Å². The Kier molecular flexibility index (Phi) is 6.73. The zero-order valence-electron chi connectivity index (χ0n) is 13.3. The van der Waals surface area contributed by atoms with Crippen LogP contribution in [0, 0.1) is 0 Å². The van der Waals surface area contributed by atoms with Gasteiger partial charge in [-0.2, -0.15) is 11.8 Å². The topological polar surface area (TPSA) is 127 Å². The van der Waals surface area contributed by atoms with Crippen molar-refractivity contribution < 1.29 is 21.9 Å². The molecule has 2 heterocycles. The van der Waals surface area contributed by atoms with Crippen molar-refractivity contribution in [3.8, 4) is 0 Å². The number of aliphatic hydroxyl groups is 1. The molecule has 138 valence electrons. The van der Waals surface area contributed by atoms with E-state index < -0.39 is 25.1 Å². The molecule has 7 nitrogen and oxygen atoms in total. The van der Waals surface area contributed by atoms with E-state index in [1.54, 1.807) is 0 Å². The van der Waals surface area contributed by atoms with E-state index >= 15 is 0 Å². The third-order valence-electron chi connectivity index (χ3n) is 3.82. The molecule has 0 spiro atoms. The Morgan fingerprint density at radius 2 is 2.17 bits per heavy atom. The molecule has 0 saturated carbocycles. The standard InChI is InChI=1S/C13H22N2O5S4/c1-2-15-11-7-9(3-5-21-6-4-16)23(17,18)13-10(11)8-12(22-13)24(14,19)20/h8-9,11,15-16H,2-7H2,1H3,(H2,14,19,20). The molecule has 11 heteroatoms. The molecule has 1 aliphatic heterocycles. The van der Waals surface area contributed by atoms with Crippen LogP contribution in [0.15, 0.2) is 14.5 Å². The maximum atomic E-state index is 12.8. The summed E-state index contributed by atoms with van der Waals surface area (Å²) >= 11 is 2.24. The van der Waals surface area contributed by atoms with Crippen LogP contribution in [0.5, 0.6) is 0 Å². The number of nitrogens with one attached hydrogen (secondary N) is 1. The van der Waals surface area contributed by atoms with Gasteiger partial charge in [0.1, 0.15) is 8.42 Å². The number of hydrogen-bond donors (Lipinski definition) is 3. The van der Waals surface area contributed by atoms with E-state index in [2.05, 4.69) is 5.32 Å². The van der Waals surface area contributed by atoms with Crippen LogP contribution in [-0.2, 0) is 19.9 Å². The van der Waals surface area contributed by atoms with Crippen molar-refractivity contribution in [1.29, 1.82) is 0 Å². The molecule has 0 amide bonds. The molecule has 0 fully saturated rings. The Hall–Kier alpha value is -0.170. The van der Waals surface area contributed by atoms with Crippen LogP contribution in [0.3, 0.4) is 0 Å². The number of rotatable bonds is 8. The Bertz CT molecular complexity index is 772. The molecule has 0 aliphatic carbocycles. The van der Waals surface area contributed by atoms with Crippen molar-refractivity contribution >= 4 is 43.0 Å². The first kappa shape index (κ1) is 20.1. The van der Waals surface area contributed by atoms with Crippen molar-refractivity contribution in [3.05, 3.63) is 11.6 Å². The van der Waals surface area contributed by atoms with Crippen molar-refractivity contribution in [2.75, 3.05) is 24.7 Å². The van der Waals surface area contributed by atoms with Crippen LogP contribution in [-0.4, -0.2) is 51.8 Å². The van der Waals surface area contributed by atoms with Gasteiger partial charge in [0.05, 0.1) is 11.9 Å². The van der Waals surface area contributed by atoms with E-state index in [0.717, 1.165) is 11.3 Å². The number of fused-ring (bicyclic) bond motifs is 1. The molecule has 0 aromatic carbocycles. The van der Waals surface area contributed by atoms with Crippen LogP contribution in [0.25, 0.3) is 0 Å². The summed E-state index contributed by atoms with van der Waals surface area (Å²) in [6.45, 7) is 2.63. The van der Waals surface area contributed by atoms with Gasteiger partial charge in [-0.3, -0.25) is 0 Å². The fourth-order valence-electron chi connectivity index (χ4n) is 2.73. The molecular weight excluding hydrogens is 392 g/mol. The zero-order valence-corrected chi connectivity index (χ0v) is 16.5. The fraction of sp³-hybridized carbons (Fsp3) is 0.692. The third-order valence-corrected chi connectivity index (χ3v) is 10.2. The number of sulfone groups is 1. The maximum Gasteiger partial charge on any atom is 0.247 e. The van der Waals surface area contributed by atoms with Gasteiger partial charge in [0.15, 0.2) is 9.84 Å². The minimum absolute atomic E-state index is 0.0644. The summed E-state index contributed by atoms with van der Waals surface area (Å²) in [6.07, 6.45) is 0.876. The highest BCUT2D eigenvalue weighted by molar-refractivity contribution is 7.99. The van der Waals surface area contributed by atoms with Gasteiger partial charge < -0.3 is 10.4 Å². The van der Waals surface area contributed by atoms with E-state index in [-0.39, 0.29) is 21.1 Å². The SMILES string of the molecule is CCNC1CC(CCSCCO)S(=O)(=O)c2sc(S(N)(=O)=O)cc21. The average Bonchev–Trinajstić information content (AvgIpc) is 2.95. The Labute approximate surface area is 151 Å². The second-order valence-electron chi connectivity index (χ2n) is 5.49. The monoisotopic (exact) mass is 414 g/mol. The van der Waals surface area contributed by atoms with Gasteiger partial charge in [-0.1, -0.05) is 6.92 Å². The highest BCUT2D eigenvalue weighted by atomic mass is 32.3. The van der Waals surface area contributed by atoms with Crippen LogP contribution in [0.2, 0.25) is 0 Å². The van der Waals surface area contributed by atoms with Crippen molar-refractivity contribution in [3.63, 3.8) is 0 Å². The first-order valence-electron chi connectivity index (χ1n) is 7.54. The number of aliphatic hydroxyl groups excluding tert-OH is 1. The predicted octanol–water partition coefficient (Wildman–Crippen LogP) is 0.708. The number of thiophene rings is 1. The van der Waals surface area contributed by atoms with Crippen LogP contribution in [0.1, 0.15) is 31.4 Å². The predicted molar refractivity (Wildman–Crippen MR) is 96.7 cm³/mol. The van der Waals surface area contributed by atoms with E-state index in [1.165, 1.54) is 17.8 Å². The molecule has 4 N–H and O–H groups in total. The van der Waals surface area contributed by atoms with Gasteiger partial charge in [0.25, 0.3) is 0 Å². The fourth-order valence-corrected chi connectivity index (χ4v) is 8.37. The summed E-state index contributed by atoms with van der Waals surface area (Å²) in [5.74, 6) is 1.20. The van der Waals surface area contributed by atoms with E-state index in [4.69, 9.17) is 10.2 Å². The largest absolute Gasteiger partial charge is 0.396 e. The molecule has 1 aliphatic rings. The van der Waals surface area contributed by atoms with Crippen molar-refractivity contribution in [2.45, 2.75) is 39.5 Å². The molecule has 24 heavy (non-hydrogen) atoms. The maximum absolute atomic E-state index is 12.8. The summed E-state index contributed by atoms with van der Waals surface area (Å²) in [5, 5.41) is 16.6. The summed E-state index contributed by atoms with van der Waals surface area (Å²) in [6, 6.07) is 1.19. The van der Waals surface area contributed by atoms with Crippen molar-refractivity contribution in [1.82, 2.24) is 5.32 Å². The second-order valence-corrected chi connectivity index (χ2v) is 12.0. The normalized spacial score (nSPS) is 23.1. The van der Waals surface area contributed by atoms with Gasteiger partial charge in [0.2, 0.25) is 10.0 Å². The third kappa shape index (κ3) is 4.32. The Morgan fingerprint density at radius 1 is 1.46 bits per heavy atom. The Morgan fingerprint density at radius 3 is 2.75 bits per heavy atom. The number of primary sulfonamides is 1. The summed E-state index contributed by atoms with van der Waals surface area (Å²) < 4.78 is 48.9. The lowest BCUT2D eigenvalue weighted by Gasteiger charge is -2.29. The van der Waals surface area contributed by atoms with Gasteiger partial charge in [-0.05, 0) is 31.2 Å². The molecule has 2 unspecified atom stereocenters. The van der Waals surface area contributed by atoms with E-state index in [9.17, 15) is 16.8 Å². The number of hydrogen-bond acceptors (Lipinski definition) is 8. The molecule has 2 rings (SSSR count). The first-order chi connectivity index (χ1) is 11.2. The average molecular weight is 415 g/mol. The second kappa shape index (κ2) is 8.02. The van der Waals surface area contributed by atoms with Gasteiger partial charge in [0, 0.05) is 17.4 Å². The molecule has 1 aromatic rings. The highest BCUT2D eigenvalue weighted by Crippen LogP contribution is 2.43. The number of nitrogens with two attached hydrogens (primary N) is 1. The number of thioether (sulfide) groups is 1. The first-order valence-corrected chi connectivity index (χ1v) is 12.6. The van der Waals surface area contributed by atoms with Gasteiger partial charge in [-0.25, -0.2) is 22.0 Å². The van der Waals surface area contributed by atoms with Crippen LogP contribution in [0.4, 0.5) is 0 Å². The van der Waals surface area contributed by atoms with E-state index in [0.29, 0.717) is 36.5 Å². The molecular formula is C13H22N2O5S4. The van der Waals surface area contributed by atoms with Crippen LogP contribution < -0.4 is 10.5 Å². The molecule has 2 atom stereocenters. The van der Waals surface area contributed by atoms with Gasteiger partial charge >= 0.3 is 0 Å². The molecule has 0 bridgehead atoms. The molecule has 0 radical (unpaired) electrons. The molecule has 1 aromatic heterocycles. The highest BCUT2D eigenvalue weighted by Gasteiger charge is 2.41. The summed E-state index contributed by atoms with van der Waals surface area (Å²) in [4.78, 5) is 0. The number of sulfonamides is 1. The summed E-state index contributed by atoms with van der Waals surface area (Å²) in [7, 11) is -7.51. The smallest absolute Gasteiger partial charge is 0.247 e. The lowest BCUT2D eigenvalue weighted by molar-refractivity contribution is 0.322. The van der Waals surface area contributed by atoms with Crippen LogP contribution >= 0.6 is 23.1 Å². The zero-order chi connectivity index (χ0) is 18.0. The minimum Gasteiger partial charge on any atom is -0.396 e. The summed E-state index contributed by atoms with van der Waals surface area (Å²) in [5.41, 5.74) is 0.505. The lowest BCUT2D eigenvalue weighted by atomic mass is 10.0. The van der Waals surface area contributed by atoms with Crippen molar-refractivity contribution in [2.24, 2.45) is 5.14 Å². The van der Waals surface area contributed by atoms with E-state index in [1.807, 2.05) is 6.92 Å². The lowest BCUT2D eigenvalue weighted by Crippen LogP contribution is -2.35. The quantitative estimate of drug-likeness (QED) is 0.535. The molecule has 0 saturated heterocycles. The Balaban J connectivity index is 2.36.